The maximum absolute atomic E-state index is 12.6. The number of hydrogen-bond acceptors (Lipinski definition) is 7. The van der Waals surface area contributed by atoms with E-state index < -0.39 is 0 Å². The van der Waals surface area contributed by atoms with Crippen LogP contribution in [0, 0.1) is 0 Å². The standard InChI is InChI=1S/C24H36N6O2S/c1-2-19-7-3-4-13-28(19)14-6-12-25-21(31)9-10-22(32)29-15-17-30(18-16-29)24-27-20-8-5-11-26-23(20)33-24/h5,8,11,19H,2-4,6-7,9-10,12-18H2,1H3,(H,25,31)/t19-/m1/s1. The third-order valence-corrected chi connectivity index (χ3v) is 7.83. The molecule has 2 aromatic rings. The van der Waals surface area contributed by atoms with Crippen LogP contribution in [0.4, 0.5) is 5.13 Å². The van der Waals surface area contributed by atoms with Gasteiger partial charge in [-0.25, -0.2) is 9.97 Å². The van der Waals surface area contributed by atoms with Crippen LogP contribution in [0.3, 0.4) is 0 Å². The van der Waals surface area contributed by atoms with Gasteiger partial charge in [-0.3, -0.25) is 9.59 Å². The van der Waals surface area contributed by atoms with Crippen molar-refractivity contribution in [3.05, 3.63) is 18.3 Å². The van der Waals surface area contributed by atoms with Crippen molar-refractivity contribution in [2.24, 2.45) is 0 Å². The highest BCUT2D eigenvalue weighted by Gasteiger charge is 2.24. The Morgan fingerprint density at radius 1 is 1.15 bits per heavy atom. The Morgan fingerprint density at radius 3 is 2.79 bits per heavy atom. The molecule has 0 saturated carbocycles. The van der Waals surface area contributed by atoms with Gasteiger partial charge in [-0.15, -0.1) is 0 Å². The zero-order chi connectivity index (χ0) is 23.0. The number of piperidine rings is 1. The summed E-state index contributed by atoms with van der Waals surface area (Å²) in [6.07, 6.45) is 8.45. The van der Waals surface area contributed by atoms with Gasteiger partial charge in [0.25, 0.3) is 0 Å². The minimum absolute atomic E-state index is 0.0188. The fourth-order valence-corrected chi connectivity index (χ4v) is 5.79. The molecule has 0 aliphatic carbocycles. The molecule has 0 spiro atoms. The van der Waals surface area contributed by atoms with E-state index in [0.29, 0.717) is 25.7 Å². The van der Waals surface area contributed by atoms with E-state index in [1.807, 2.05) is 17.0 Å². The Hall–Kier alpha value is -2.26. The summed E-state index contributed by atoms with van der Waals surface area (Å²) >= 11 is 1.59. The summed E-state index contributed by atoms with van der Waals surface area (Å²) in [7, 11) is 0. The number of likely N-dealkylation sites (tertiary alicyclic amines) is 1. The molecule has 0 unspecified atom stereocenters. The van der Waals surface area contributed by atoms with Crippen molar-refractivity contribution in [3.63, 3.8) is 0 Å². The number of carbonyl (C=O) groups excluding carboxylic acids is 2. The molecule has 0 bridgehead atoms. The Morgan fingerprint density at radius 2 is 2.00 bits per heavy atom. The van der Waals surface area contributed by atoms with Crippen LogP contribution in [0.15, 0.2) is 18.3 Å². The first-order valence-electron chi connectivity index (χ1n) is 12.4. The Balaban J connectivity index is 1.11. The first kappa shape index (κ1) is 23.9. The van der Waals surface area contributed by atoms with E-state index in [1.54, 1.807) is 17.5 Å². The molecule has 1 atom stereocenters. The molecule has 2 aliphatic rings. The van der Waals surface area contributed by atoms with E-state index in [0.717, 1.165) is 41.5 Å². The third-order valence-electron chi connectivity index (χ3n) is 6.79. The fraction of sp³-hybridized carbons (Fsp3) is 0.667. The highest BCUT2D eigenvalue weighted by atomic mass is 32.1. The van der Waals surface area contributed by atoms with Gasteiger partial charge in [0.1, 0.15) is 10.3 Å². The number of carbonyl (C=O) groups is 2. The van der Waals surface area contributed by atoms with E-state index in [1.165, 1.54) is 32.2 Å². The minimum Gasteiger partial charge on any atom is -0.356 e. The van der Waals surface area contributed by atoms with E-state index in [4.69, 9.17) is 0 Å². The van der Waals surface area contributed by atoms with Gasteiger partial charge in [0.05, 0.1) is 0 Å². The lowest BCUT2D eigenvalue weighted by Crippen LogP contribution is -2.49. The van der Waals surface area contributed by atoms with E-state index in [2.05, 4.69) is 32.0 Å². The van der Waals surface area contributed by atoms with Crippen LogP contribution in [0.1, 0.15) is 51.9 Å². The summed E-state index contributed by atoms with van der Waals surface area (Å²) in [5, 5.41) is 3.96. The first-order chi connectivity index (χ1) is 16.1. The lowest BCUT2D eigenvalue weighted by Gasteiger charge is -2.35. The average molecular weight is 473 g/mol. The van der Waals surface area contributed by atoms with Crippen molar-refractivity contribution in [1.29, 1.82) is 0 Å². The molecule has 2 aromatic heterocycles. The van der Waals surface area contributed by atoms with Crippen molar-refractivity contribution >= 4 is 38.6 Å². The largest absolute Gasteiger partial charge is 0.356 e. The summed E-state index contributed by atoms with van der Waals surface area (Å²) in [6.45, 7) is 8.03. The molecule has 8 nitrogen and oxygen atoms in total. The number of rotatable bonds is 9. The van der Waals surface area contributed by atoms with Crippen molar-refractivity contribution in [3.8, 4) is 0 Å². The molecule has 9 heteroatoms. The first-order valence-corrected chi connectivity index (χ1v) is 13.2. The van der Waals surface area contributed by atoms with Crippen molar-refractivity contribution in [2.45, 2.75) is 57.9 Å². The maximum Gasteiger partial charge on any atom is 0.223 e. The van der Waals surface area contributed by atoms with Crippen molar-refractivity contribution < 1.29 is 9.59 Å². The highest BCUT2D eigenvalue weighted by Crippen LogP contribution is 2.27. The second-order valence-corrected chi connectivity index (χ2v) is 9.95. The van der Waals surface area contributed by atoms with Crippen molar-refractivity contribution in [1.82, 2.24) is 25.1 Å². The predicted molar refractivity (Wildman–Crippen MR) is 133 cm³/mol. The van der Waals surface area contributed by atoms with E-state index in [9.17, 15) is 9.59 Å². The molecule has 2 saturated heterocycles. The van der Waals surface area contributed by atoms with Crippen LogP contribution >= 0.6 is 11.3 Å². The number of aromatic nitrogens is 2. The molecule has 1 N–H and O–H groups in total. The van der Waals surface area contributed by atoms with Crippen LogP contribution in [0.25, 0.3) is 10.3 Å². The van der Waals surface area contributed by atoms with E-state index >= 15 is 0 Å². The van der Waals surface area contributed by atoms with Crippen LogP contribution in [-0.2, 0) is 9.59 Å². The lowest BCUT2D eigenvalue weighted by atomic mass is 10.00. The Kier molecular flexibility index (Phi) is 8.50. The fourth-order valence-electron chi connectivity index (χ4n) is 4.83. The summed E-state index contributed by atoms with van der Waals surface area (Å²) in [4.78, 5) is 41.4. The molecule has 2 fully saturated rings. The monoisotopic (exact) mass is 472 g/mol. The molecule has 0 radical (unpaired) electrons. The highest BCUT2D eigenvalue weighted by molar-refractivity contribution is 7.21. The number of nitrogens with zero attached hydrogens (tertiary/aromatic N) is 5. The summed E-state index contributed by atoms with van der Waals surface area (Å²) in [5.74, 6) is 0.0459. The SMILES string of the molecule is CC[C@@H]1CCCCN1CCCNC(=O)CCC(=O)N1CCN(c2nc3cccnc3s2)CC1. The van der Waals surface area contributed by atoms with Gasteiger partial charge in [-0.05, 0) is 44.4 Å². The molecule has 0 aromatic carbocycles. The molecular formula is C24H36N6O2S. The number of fused-ring (bicyclic) bond motifs is 1. The summed E-state index contributed by atoms with van der Waals surface area (Å²) in [5.41, 5.74) is 0.920. The summed E-state index contributed by atoms with van der Waals surface area (Å²) < 4.78 is 0. The van der Waals surface area contributed by atoms with Gasteiger partial charge in [-0.1, -0.05) is 24.7 Å². The number of piperazine rings is 1. The number of hydrogen-bond donors (Lipinski definition) is 1. The van der Waals surface area contributed by atoms with Crippen LogP contribution in [-0.4, -0.2) is 83.4 Å². The van der Waals surface area contributed by atoms with E-state index in [-0.39, 0.29) is 24.7 Å². The van der Waals surface area contributed by atoms with Gasteiger partial charge in [0.2, 0.25) is 11.8 Å². The topological polar surface area (TPSA) is 81.7 Å². The zero-order valence-corrected chi connectivity index (χ0v) is 20.5. The Bertz CT molecular complexity index is 894. The second-order valence-electron chi connectivity index (χ2n) is 8.99. The second kappa shape index (κ2) is 11.7. The molecule has 2 aliphatic heterocycles. The number of anilines is 1. The number of amides is 2. The van der Waals surface area contributed by atoms with Gasteiger partial charge in [0, 0.05) is 64.3 Å². The van der Waals surface area contributed by atoms with Gasteiger partial charge in [0.15, 0.2) is 5.13 Å². The smallest absolute Gasteiger partial charge is 0.223 e. The minimum atomic E-state index is -0.0188. The van der Waals surface area contributed by atoms with Crippen molar-refractivity contribution in [2.75, 3.05) is 50.7 Å². The van der Waals surface area contributed by atoms with Gasteiger partial charge >= 0.3 is 0 Å². The predicted octanol–water partition coefficient (Wildman–Crippen LogP) is 2.89. The molecule has 2 amide bonds. The van der Waals surface area contributed by atoms with Crippen LogP contribution < -0.4 is 10.2 Å². The summed E-state index contributed by atoms with van der Waals surface area (Å²) in [6, 6.07) is 4.58. The molecule has 180 valence electrons. The van der Waals surface area contributed by atoms with Crippen LogP contribution in [0.5, 0.6) is 0 Å². The normalized spacial score (nSPS) is 19.7. The lowest BCUT2D eigenvalue weighted by molar-refractivity contribution is -0.133. The third kappa shape index (κ3) is 6.41. The quantitative estimate of drug-likeness (QED) is 0.565. The average Bonchev–Trinajstić information content (AvgIpc) is 3.30. The molecule has 4 rings (SSSR count). The van der Waals surface area contributed by atoms with Gasteiger partial charge in [-0.2, -0.15) is 0 Å². The van der Waals surface area contributed by atoms with Crippen LogP contribution in [0.2, 0.25) is 0 Å². The number of thiazole rings is 1. The van der Waals surface area contributed by atoms with Gasteiger partial charge < -0.3 is 20.0 Å². The molecule has 33 heavy (non-hydrogen) atoms. The number of pyridine rings is 1. The molecular weight excluding hydrogens is 436 g/mol. The Labute approximate surface area is 200 Å². The zero-order valence-electron chi connectivity index (χ0n) is 19.7. The maximum atomic E-state index is 12.6. The number of nitrogens with one attached hydrogen (secondary N) is 1. The molecule has 4 heterocycles.